The molecule has 0 spiro atoms. The summed E-state index contributed by atoms with van der Waals surface area (Å²) >= 11 is 0. The standard InChI is InChI=1S/C20H28N/c1-3-4-5-6-7-8-10-16-15(2)13-14-19-20(16)17-11-9-12-18(17)21-19/h13-14H,3-12H2,1-2H3. The Morgan fingerprint density at radius 1 is 1.00 bits per heavy atom. The molecule has 0 saturated carbocycles. The topological polar surface area (TPSA) is 14.1 Å². The molecule has 2 aliphatic rings. The highest BCUT2D eigenvalue weighted by Gasteiger charge is 2.29. The minimum Gasteiger partial charge on any atom is -0.253 e. The number of rotatable bonds is 7. The van der Waals surface area contributed by atoms with Gasteiger partial charge in [-0.25, -0.2) is 0 Å². The van der Waals surface area contributed by atoms with E-state index in [0.29, 0.717) is 0 Å². The summed E-state index contributed by atoms with van der Waals surface area (Å²) in [4.78, 5) is 0. The summed E-state index contributed by atoms with van der Waals surface area (Å²) in [6.45, 7) is 4.56. The normalized spacial score (nSPS) is 16.1. The van der Waals surface area contributed by atoms with Gasteiger partial charge in [0.05, 0.1) is 5.69 Å². The first-order valence-electron chi connectivity index (χ1n) is 8.88. The molecule has 3 rings (SSSR count). The Balaban J connectivity index is 1.67. The summed E-state index contributed by atoms with van der Waals surface area (Å²) < 4.78 is 0. The lowest BCUT2D eigenvalue weighted by Crippen LogP contribution is -1.98. The Bertz CT molecular complexity index is 539. The number of hydrogen-bond acceptors (Lipinski definition) is 0. The van der Waals surface area contributed by atoms with Crippen LogP contribution in [0.4, 0.5) is 5.69 Å². The van der Waals surface area contributed by atoms with Crippen molar-refractivity contribution in [2.24, 2.45) is 0 Å². The zero-order valence-corrected chi connectivity index (χ0v) is 13.7. The van der Waals surface area contributed by atoms with Gasteiger partial charge in [-0.05, 0) is 61.8 Å². The van der Waals surface area contributed by atoms with E-state index in [2.05, 4.69) is 26.0 Å². The van der Waals surface area contributed by atoms with Crippen molar-refractivity contribution in [1.29, 1.82) is 0 Å². The molecule has 0 bridgehead atoms. The molecular weight excluding hydrogens is 254 g/mol. The minimum atomic E-state index is 1.19. The molecule has 0 unspecified atom stereocenters. The van der Waals surface area contributed by atoms with Crippen LogP contribution in [0.5, 0.6) is 0 Å². The van der Waals surface area contributed by atoms with E-state index in [-0.39, 0.29) is 0 Å². The molecular formula is C20H28N. The first-order valence-corrected chi connectivity index (χ1v) is 8.88. The van der Waals surface area contributed by atoms with Crippen LogP contribution >= 0.6 is 0 Å². The quantitative estimate of drug-likeness (QED) is 0.541. The van der Waals surface area contributed by atoms with Gasteiger partial charge in [0.1, 0.15) is 0 Å². The maximum atomic E-state index is 4.86. The predicted octanol–water partition coefficient (Wildman–Crippen LogP) is 6.04. The summed E-state index contributed by atoms with van der Waals surface area (Å²) in [5, 5.41) is 4.86. The average Bonchev–Trinajstić information content (AvgIpc) is 3.05. The van der Waals surface area contributed by atoms with Crippen molar-refractivity contribution in [3.63, 3.8) is 0 Å². The molecule has 1 aliphatic heterocycles. The van der Waals surface area contributed by atoms with Crippen molar-refractivity contribution < 1.29 is 0 Å². The highest BCUT2D eigenvalue weighted by atomic mass is 14.9. The monoisotopic (exact) mass is 282 g/mol. The van der Waals surface area contributed by atoms with Gasteiger partial charge in [0, 0.05) is 11.3 Å². The number of aryl methyl sites for hydroxylation is 1. The van der Waals surface area contributed by atoms with Crippen LogP contribution in [-0.2, 0) is 6.42 Å². The zero-order chi connectivity index (χ0) is 14.7. The molecule has 1 aliphatic carbocycles. The molecule has 0 fully saturated rings. The van der Waals surface area contributed by atoms with Gasteiger partial charge in [0.25, 0.3) is 0 Å². The van der Waals surface area contributed by atoms with E-state index in [4.69, 9.17) is 5.32 Å². The lowest BCUT2D eigenvalue weighted by molar-refractivity contribution is 0.607. The molecule has 0 N–H and O–H groups in total. The van der Waals surface area contributed by atoms with Crippen molar-refractivity contribution in [3.05, 3.63) is 34.5 Å². The van der Waals surface area contributed by atoms with Crippen LogP contribution in [0.15, 0.2) is 17.8 Å². The molecule has 1 radical (unpaired) electrons. The van der Waals surface area contributed by atoms with Gasteiger partial charge in [0.15, 0.2) is 0 Å². The van der Waals surface area contributed by atoms with Crippen molar-refractivity contribution in [2.45, 2.75) is 78.1 Å². The van der Waals surface area contributed by atoms with Crippen molar-refractivity contribution in [3.8, 4) is 0 Å². The predicted molar refractivity (Wildman–Crippen MR) is 90.8 cm³/mol. The molecule has 21 heavy (non-hydrogen) atoms. The number of unbranched alkanes of at least 4 members (excludes halogenated alkanes) is 5. The molecule has 1 heteroatoms. The molecule has 113 valence electrons. The molecule has 0 aromatic heterocycles. The van der Waals surface area contributed by atoms with Gasteiger partial charge < -0.3 is 0 Å². The smallest absolute Gasteiger partial charge is 0.0711 e. The summed E-state index contributed by atoms with van der Waals surface area (Å²) in [6, 6.07) is 4.50. The fourth-order valence-electron chi connectivity index (χ4n) is 3.84. The van der Waals surface area contributed by atoms with E-state index < -0.39 is 0 Å². The number of nitrogens with zero attached hydrogens (tertiary/aromatic N) is 1. The Morgan fingerprint density at radius 3 is 2.67 bits per heavy atom. The second-order valence-corrected chi connectivity index (χ2v) is 6.66. The molecule has 1 heterocycles. The number of benzene rings is 1. The molecule has 0 atom stereocenters. The van der Waals surface area contributed by atoms with Crippen molar-refractivity contribution >= 4 is 11.3 Å². The molecule has 0 amide bonds. The van der Waals surface area contributed by atoms with E-state index in [1.54, 1.807) is 11.1 Å². The summed E-state index contributed by atoms with van der Waals surface area (Å²) in [7, 11) is 0. The zero-order valence-electron chi connectivity index (χ0n) is 13.7. The SMILES string of the molecule is CCCCCCCCc1c(C)ccc2c1C1=C(CCC1)[N]2. The summed E-state index contributed by atoms with van der Waals surface area (Å²) in [5.41, 5.74) is 8.81. The fraction of sp³-hybridized carbons (Fsp3) is 0.600. The van der Waals surface area contributed by atoms with Crippen LogP contribution in [-0.4, -0.2) is 0 Å². The summed E-state index contributed by atoms with van der Waals surface area (Å²) in [5.74, 6) is 0. The van der Waals surface area contributed by atoms with E-state index in [1.807, 2.05) is 0 Å². The van der Waals surface area contributed by atoms with E-state index in [0.717, 1.165) is 0 Å². The number of hydrogen-bond donors (Lipinski definition) is 0. The second-order valence-electron chi connectivity index (χ2n) is 6.66. The van der Waals surface area contributed by atoms with Crippen LogP contribution in [0, 0.1) is 6.92 Å². The first-order chi connectivity index (χ1) is 10.3. The van der Waals surface area contributed by atoms with Gasteiger partial charge in [-0.15, -0.1) is 0 Å². The van der Waals surface area contributed by atoms with Crippen LogP contribution in [0.2, 0.25) is 0 Å². The molecule has 1 aromatic rings. The lowest BCUT2D eigenvalue weighted by Gasteiger charge is -2.14. The molecule has 0 saturated heterocycles. The van der Waals surface area contributed by atoms with Crippen LogP contribution < -0.4 is 5.32 Å². The number of allylic oxidation sites excluding steroid dienone is 2. The van der Waals surface area contributed by atoms with Crippen LogP contribution in [0.1, 0.15) is 81.4 Å². The number of fused-ring (bicyclic) bond motifs is 2. The van der Waals surface area contributed by atoms with Crippen molar-refractivity contribution in [2.75, 3.05) is 0 Å². The minimum absolute atomic E-state index is 1.19. The van der Waals surface area contributed by atoms with Crippen LogP contribution in [0.3, 0.4) is 0 Å². The van der Waals surface area contributed by atoms with Crippen LogP contribution in [0.25, 0.3) is 5.57 Å². The Labute approximate surface area is 129 Å². The molecule has 1 aromatic carbocycles. The fourth-order valence-corrected chi connectivity index (χ4v) is 3.84. The van der Waals surface area contributed by atoms with Gasteiger partial charge in [-0.2, -0.15) is 0 Å². The lowest BCUT2D eigenvalue weighted by atomic mass is 9.91. The Hall–Kier alpha value is -1.24. The highest BCUT2D eigenvalue weighted by molar-refractivity contribution is 5.85. The Kier molecular flexibility index (Phi) is 4.67. The molecule has 1 nitrogen and oxygen atoms in total. The van der Waals surface area contributed by atoms with Gasteiger partial charge >= 0.3 is 0 Å². The van der Waals surface area contributed by atoms with Gasteiger partial charge in [-0.1, -0.05) is 45.1 Å². The van der Waals surface area contributed by atoms with E-state index >= 15 is 0 Å². The summed E-state index contributed by atoms with van der Waals surface area (Å²) in [6.07, 6.45) is 13.3. The maximum absolute atomic E-state index is 4.86. The average molecular weight is 282 g/mol. The third-order valence-corrected chi connectivity index (χ3v) is 5.05. The highest BCUT2D eigenvalue weighted by Crippen LogP contribution is 2.46. The second kappa shape index (κ2) is 6.68. The van der Waals surface area contributed by atoms with Gasteiger partial charge in [-0.3, -0.25) is 5.32 Å². The van der Waals surface area contributed by atoms with Gasteiger partial charge in [0.2, 0.25) is 0 Å². The van der Waals surface area contributed by atoms with E-state index in [1.165, 1.54) is 86.7 Å². The van der Waals surface area contributed by atoms with E-state index in [9.17, 15) is 0 Å². The largest absolute Gasteiger partial charge is 0.253 e. The maximum Gasteiger partial charge on any atom is 0.0711 e. The third kappa shape index (κ3) is 3.02. The third-order valence-electron chi connectivity index (χ3n) is 5.05. The first kappa shape index (κ1) is 14.7. The Morgan fingerprint density at radius 2 is 1.81 bits per heavy atom. The van der Waals surface area contributed by atoms with Crippen molar-refractivity contribution in [1.82, 2.24) is 5.32 Å².